The lowest BCUT2D eigenvalue weighted by molar-refractivity contribution is -0.552. The molecule has 3 N–H and O–H groups in total. The van der Waals surface area contributed by atoms with Crippen molar-refractivity contribution in [1.29, 1.82) is 0 Å². The Morgan fingerprint density at radius 3 is 2.57 bits per heavy atom. The molecule has 1 amide bonds. The summed E-state index contributed by atoms with van der Waals surface area (Å²) in [6, 6.07) is 4.80. The number of nitrogens with one attached hydrogen (secondary N) is 1. The fourth-order valence-corrected chi connectivity index (χ4v) is 8.45. The summed E-state index contributed by atoms with van der Waals surface area (Å²) in [5, 5.41) is 2.35. The number of carbonyl (C=O) groups excluding carboxylic acids is 1. The molecule has 0 spiro atoms. The summed E-state index contributed by atoms with van der Waals surface area (Å²) in [7, 11) is -2.36. The van der Waals surface area contributed by atoms with Gasteiger partial charge in [-0.05, 0) is 75.4 Å². The smallest absolute Gasteiger partial charge is 0.294 e. The van der Waals surface area contributed by atoms with Crippen molar-refractivity contribution < 1.29 is 31.1 Å². The molecule has 9 nitrogen and oxygen atoms in total. The Bertz CT molecular complexity index is 1690. The van der Waals surface area contributed by atoms with E-state index < -0.39 is 26.6 Å². The highest BCUT2D eigenvalue weighted by Gasteiger charge is 2.53. The molecule has 47 heavy (non-hydrogen) atoms. The van der Waals surface area contributed by atoms with Crippen molar-refractivity contribution in [1.82, 2.24) is 5.32 Å². The van der Waals surface area contributed by atoms with Crippen LogP contribution in [0.1, 0.15) is 71.8 Å². The van der Waals surface area contributed by atoms with E-state index in [2.05, 4.69) is 41.8 Å². The van der Waals surface area contributed by atoms with Gasteiger partial charge in [-0.3, -0.25) is 9.35 Å². The van der Waals surface area contributed by atoms with Crippen LogP contribution in [0.4, 0.5) is 5.69 Å². The minimum atomic E-state index is -4.31. The number of amides is 1. The summed E-state index contributed by atoms with van der Waals surface area (Å²) in [5.41, 5.74) is 3.29. The van der Waals surface area contributed by atoms with E-state index in [-0.39, 0.29) is 40.0 Å². The fourth-order valence-electron chi connectivity index (χ4n) is 7.38. The Hall–Kier alpha value is -3.30. The van der Waals surface area contributed by atoms with Crippen LogP contribution in [-0.4, -0.2) is 69.4 Å². The minimum Gasteiger partial charge on any atom is -0.347 e. The normalized spacial score (nSPS) is 24.9. The first-order valence-electron chi connectivity index (χ1n) is 16.1. The van der Waals surface area contributed by atoms with Crippen molar-refractivity contribution in [3.63, 3.8) is 0 Å². The first kappa shape index (κ1) is 36.5. The van der Waals surface area contributed by atoms with Crippen molar-refractivity contribution >= 4 is 38.5 Å². The molecule has 11 heteroatoms. The topological polar surface area (TPSA) is 127 Å². The number of hydrogen-bond acceptors (Lipinski definition) is 5. The summed E-state index contributed by atoms with van der Waals surface area (Å²) in [6.45, 7) is 9.63. The Morgan fingerprint density at radius 2 is 1.89 bits per heavy atom. The molecule has 3 aliphatic rings. The monoisotopic (exact) mass is 682 g/mol. The summed E-state index contributed by atoms with van der Waals surface area (Å²) in [4.78, 5) is 13.9. The van der Waals surface area contributed by atoms with Crippen molar-refractivity contribution in [3.8, 4) is 12.3 Å². The van der Waals surface area contributed by atoms with Gasteiger partial charge in [-0.2, -0.15) is 8.42 Å². The maximum Gasteiger partial charge on any atom is 0.294 e. The van der Waals surface area contributed by atoms with Gasteiger partial charge in [-0.1, -0.05) is 44.1 Å². The second-order valence-electron chi connectivity index (χ2n) is 13.6. The number of unbranched alkanes of at least 4 members (excludes halogenated alkanes) is 2. The third kappa shape index (κ3) is 8.06. The number of nitrogens with zero attached hydrogens (tertiary/aromatic N) is 2. The van der Waals surface area contributed by atoms with Gasteiger partial charge in [0.2, 0.25) is 5.91 Å². The largest absolute Gasteiger partial charge is 0.347 e. The maximum atomic E-state index is 12.0. The van der Waals surface area contributed by atoms with Gasteiger partial charge in [0, 0.05) is 48.7 Å². The maximum absolute atomic E-state index is 12.0. The van der Waals surface area contributed by atoms with Gasteiger partial charge in [0.05, 0.1) is 22.1 Å². The van der Waals surface area contributed by atoms with E-state index in [4.69, 9.17) is 6.42 Å². The number of benzene rings is 1. The molecule has 0 fully saturated rings. The van der Waals surface area contributed by atoms with E-state index in [1.807, 2.05) is 56.2 Å². The van der Waals surface area contributed by atoms with E-state index in [1.165, 1.54) is 11.8 Å². The summed E-state index contributed by atoms with van der Waals surface area (Å²) >= 11 is -1.90. The van der Waals surface area contributed by atoms with Gasteiger partial charge >= 0.3 is 0 Å². The van der Waals surface area contributed by atoms with Crippen LogP contribution < -0.4 is 10.2 Å². The van der Waals surface area contributed by atoms with Gasteiger partial charge in [0.15, 0.2) is 22.8 Å². The van der Waals surface area contributed by atoms with E-state index in [9.17, 15) is 26.5 Å². The van der Waals surface area contributed by atoms with E-state index in [0.717, 1.165) is 49.2 Å². The molecule has 2 heterocycles. The number of rotatable bonds is 12. The molecule has 1 aromatic carbocycles. The highest BCUT2D eigenvalue weighted by molar-refractivity contribution is 7.85. The zero-order valence-electron chi connectivity index (χ0n) is 28.0. The lowest BCUT2D eigenvalue weighted by Gasteiger charge is -2.25. The number of fused-ring (bicyclic) bond motifs is 2. The van der Waals surface area contributed by atoms with E-state index in [1.54, 1.807) is 12.1 Å². The number of likely N-dealkylation sites (N-methyl/N-ethyl adjacent to an activating group) is 1. The predicted octanol–water partition coefficient (Wildman–Crippen LogP) is 5.39. The average molecular weight is 683 g/mol. The van der Waals surface area contributed by atoms with Crippen molar-refractivity contribution in [2.75, 3.05) is 25.0 Å². The van der Waals surface area contributed by atoms with Gasteiger partial charge in [0.1, 0.15) is 6.54 Å². The Kier molecular flexibility index (Phi) is 11.5. The standard InChI is InChI=1S/C36H47N3O6S2/c1-7-23-37-34(40)16-12-9-13-24-39-31-21-18-26(46(41)42)17-20-28(31)35(2,3)33(39)15-11-8-10-14-32-36(4,5)29-25-27(47(43,44)45)19-22-30(29)38(32)6/h1,8,10-11,14-15,18-19,21-22,25-26,28,31H,9,12-13,16-17,20,23-24H2,2-6H3,(H2-,37,40,41,42,43,44,45)/p+1. The molecule has 0 saturated heterocycles. The van der Waals surface area contributed by atoms with Crippen LogP contribution in [0, 0.1) is 23.7 Å². The molecule has 2 aliphatic heterocycles. The van der Waals surface area contributed by atoms with E-state index >= 15 is 0 Å². The Labute approximate surface area is 282 Å². The summed E-state index contributed by atoms with van der Waals surface area (Å²) in [5.74, 6) is 2.67. The van der Waals surface area contributed by atoms with Crippen molar-refractivity contribution in [2.24, 2.45) is 11.3 Å². The molecule has 0 aromatic heterocycles. The van der Waals surface area contributed by atoms with Gasteiger partial charge in [-0.15, -0.1) is 6.42 Å². The molecule has 1 aliphatic carbocycles. The second kappa shape index (κ2) is 14.9. The minimum absolute atomic E-state index is 0.0315. The Morgan fingerprint density at radius 1 is 1.15 bits per heavy atom. The SMILES string of the molecule is C#CCNC(=O)CCCCC[N+]1=C(/C=C/C=C/C=C2\N(C)c3ccc(S(=O)(=O)O)cc3C2(C)C)C(C)(C)C2CCC(S(=O)O)C=CC21. The van der Waals surface area contributed by atoms with Crippen molar-refractivity contribution in [2.45, 2.75) is 87.8 Å². The summed E-state index contributed by atoms with van der Waals surface area (Å²) in [6.07, 6.45) is 24.0. The van der Waals surface area contributed by atoms with Crippen LogP contribution in [-0.2, 0) is 31.4 Å². The fraction of sp³-hybridized carbons (Fsp3) is 0.500. The first-order chi connectivity index (χ1) is 22.1. The third-order valence-electron chi connectivity index (χ3n) is 9.94. The molecule has 0 radical (unpaired) electrons. The highest BCUT2D eigenvalue weighted by Crippen LogP contribution is 2.48. The zero-order valence-corrected chi connectivity index (χ0v) is 29.6. The van der Waals surface area contributed by atoms with Gasteiger partial charge < -0.3 is 14.8 Å². The number of carbonyl (C=O) groups is 1. The predicted molar refractivity (Wildman–Crippen MR) is 188 cm³/mol. The molecule has 0 saturated carbocycles. The molecule has 254 valence electrons. The van der Waals surface area contributed by atoms with Gasteiger partial charge in [-0.25, -0.2) is 8.78 Å². The average Bonchev–Trinajstić information content (AvgIpc) is 3.19. The molecule has 1 aromatic rings. The zero-order chi connectivity index (χ0) is 34.6. The molecular weight excluding hydrogens is 635 g/mol. The third-order valence-corrected chi connectivity index (χ3v) is 11.7. The molecule has 4 atom stereocenters. The lowest BCUT2D eigenvalue weighted by atomic mass is 9.72. The number of anilines is 1. The molecule has 4 unspecified atom stereocenters. The van der Waals surface area contributed by atoms with E-state index in [0.29, 0.717) is 12.8 Å². The van der Waals surface area contributed by atoms with Gasteiger partial charge in [0.25, 0.3) is 10.1 Å². The van der Waals surface area contributed by atoms with Crippen LogP contribution in [0.2, 0.25) is 0 Å². The van der Waals surface area contributed by atoms with Crippen LogP contribution >= 0.6 is 0 Å². The second-order valence-corrected chi connectivity index (χ2v) is 16.2. The van der Waals surface area contributed by atoms with Crippen LogP contribution in [0.15, 0.2) is 71.3 Å². The lowest BCUT2D eigenvalue weighted by Crippen LogP contribution is -2.31. The molecular formula is C36H48N3O6S2+. The van der Waals surface area contributed by atoms with Crippen molar-refractivity contribution in [3.05, 3.63) is 72.0 Å². The highest BCUT2D eigenvalue weighted by atomic mass is 32.2. The Balaban J connectivity index is 1.55. The molecule has 0 bridgehead atoms. The van der Waals surface area contributed by atoms with Crippen LogP contribution in [0.5, 0.6) is 0 Å². The number of allylic oxidation sites excluding steroid dienone is 6. The first-order valence-corrected chi connectivity index (χ1v) is 18.7. The number of hydrogen-bond donors (Lipinski definition) is 3. The van der Waals surface area contributed by atoms with Crippen LogP contribution in [0.25, 0.3) is 0 Å². The quantitative estimate of drug-likeness (QED) is 0.0514. The molecule has 4 rings (SSSR count). The summed E-state index contributed by atoms with van der Waals surface area (Å²) < 4.78 is 57.3. The number of terminal acetylenes is 1. The van der Waals surface area contributed by atoms with Crippen LogP contribution in [0.3, 0.4) is 0 Å².